The number of fused-ring (bicyclic) bond motifs is 1. The van der Waals surface area contributed by atoms with Gasteiger partial charge in [0.15, 0.2) is 0 Å². The second-order valence-corrected chi connectivity index (χ2v) is 8.73. The molecule has 0 aromatic carbocycles. The highest BCUT2D eigenvalue weighted by Gasteiger charge is 2.20. The molecule has 112 valence electrons. The van der Waals surface area contributed by atoms with Crippen molar-refractivity contribution in [3.63, 3.8) is 0 Å². The fraction of sp³-hybridized carbons (Fsp3) is 0.667. The average Bonchev–Trinajstić information content (AvgIpc) is 2.77. The van der Waals surface area contributed by atoms with E-state index in [1.165, 1.54) is 10.4 Å². The molecule has 1 aliphatic heterocycles. The Kier molecular flexibility index (Phi) is 5.15. The second-order valence-electron chi connectivity index (χ2n) is 6.49. The first kappa shape index (κ1) is 15.9. The second kappa shape index (κ2) is 6.50. The largest absolute Gasteiger partial charge is 0.391 e. The van der Waals surface area contributed by atoms with Crippen LogP contribution in [0.15, 0.2) is 6.07 Å². The molecule has 0 fully saturated rings. The highest BCUT2D eigenvalue weighted by atomic mass is 32.2. The third-order valence-corrected chi connectivity index (χ3v) is 5.44. The van der Waals surface area contributed by atoms with Gasteiger partial charge in [-0.05, 0) is 35.6 Å². The molecule has 1 atom stereocenters. The molecule has 3 nitrogen and oxygen atoms in total. The third kappa shape index (κ3) is 4.50. The van der Waals surface area contributed by atoms with Gasteiger partial charge in [-0.2, -0.15) is 11.8 Å². The number of hydrogen-bond acceptors (Lipinski definition) is 4. The smallest absolute Gasteiger partial charge is 0.261 e. The molecular weight excluding hydrogens is 290 g/mol. The molecule has 1 aromatic heterocycles. The van der Waals surface area contributed by atoms with Gasteiger partial charge in [0.25, 0.3) is 5.91 Å². The molecule has 2 heterocycles. The Morgan fingerprint density at radius 1 is 1.50 bits per heavy atom. The number of thioether (sulfide) groups is 1. The molecule has 0 spiro atoms. The van der Waals surface area contributed by atoms with E-state index >= 15 is 0 Å². The molecule has 0 aliphatic carbocycles. The Balaban J connectivity index is 1.87. The standard InChI is InChI=1S/C15H23NO2S2/c1-15(2,3)7-11(17)8-16-14(18)13-6-10-9-19-5-4-12(10)20-13/h6,11,17H,4-5,7-9H2,1-3H3,(H,16,18). The Morgan fingerprint density at radius 2 is 2.25 bits per heavy atom. The minimum Gasteiger partial charge on any atom is -0.391 e. The van der Waals surface area contributed by atoms with E-state index in [-0.39, 0.29) is 11.3 Å². The minimum atomic E-state index is -0.482. The van der Waals surface area contributed by atoms with Crippen LogP contribution in [0.4, 0.5) is 0 Å². The predicted molar refractivity (Wildman–Crippen MR) is 86.6 cm³/mol. The summed E-state index contributed by atoms with van der Waals surface area (Å²) in [6.07, 6.45) is 1.28. The summed E-state index contributed by atoms with van der Waals surface area (Å²) < 4.78 is 0. The lowest BCUT2D eigenvalue weighted by atomic mass is 9.89. The van der Waals surface area contributed by atoms with Gasteiger partial charge in [-0.25, -0.2) is 0 Å². The molecule has 20 heavy (non-hydrogen) atoms. The quantitative estimate of drug-likeness (QED) is 0.898. The van der Waals surface area contributed by atoms with E-state index in [0.29, 0.717) is 13.0 Å². The molecule has 1 aromatic rings. The average molecular weight is 313 g/mol. The Labute approximate surface area is 129 Å². The van der Waals surface area contributed by atoms with Crippen molar-refractivity contribution in [1.29, 1.82) is 0 Å². The molecule has 0 bridgehead atoms. The summed E-state index contributed by atoms with van der Waals surface area (Å²) in [6.45, 7) is 6.59. The van der Waals surface area contributed by atoms with Crippen molar-refractivity contribution in [2.75, 3.05) is 12.3 Å². The molecule has 1 unspecified atom stereocenters. The molecule has 0 saturated heterocycles. The van der Waals surface area contributed by atoms with E-state index in [2.05, 4.69) is 26.1 Å². The maximum Gasteiger partial charge on any atom is 0.261 e. The molecule has 1 amide bonds. The van der Waals surface area contributed by atoms with Crippen LogP contribution in [0.3, 0.4) is 0 Å². The van der Waals surface area contributed by atoms with Crippen LogP contribution in [0.5, 0.6) is 0 Å². The summed E-state index contributed by atoms with van der Waals surface area (Å²) in [4.78, 5) is 14.2. The van der Waals surface area contributed by atoms with Crippen LogP contribution in [-0.4, -0.2) is 29.4 Å². The fourth-order valence-corrected chi connectivity index (χ4v) is 4.62. The molecule has 0 radical (unpaired) electrons. The maximum atomic E-state index is 12.1. The van der Waals surface area contributed by atoms with Gasteiger partial charge >= 0.3 is 0 Å². The summed E-state index contributed by atoms with van der Waals surface area (Å²) in [7, 11) is 0. The van der Waals surface area contributed by atoms with Crippen LogP contribution in [0.25, 0.3) is 0 Å². The topological polar surface area (TPSA) is 49.3 Å². The van der Waals surface area contributed by atoms with Crippen molar-refractivity contribution in [2.24, 2.45) is 5.41 Å². The SMILES string of the molecule is CC(C)(C)CC(O)CNC(=O)c1cc2c(s1)CCSC2. The van der Waals surface area contributed by atoms with Crippen LogP contribution in [0.1, 0.15) is 47.3 Å². The van der Waals surface area contributed by atoms with E-state index in [9.17, 15) is 9.90 Å². The minimum absolute atomic E-state index is 0.0534. The third-order valence-electron chi connectivity index (χ3n) is 3.20. The zero-order valence-electron chi connectivity index (χ0n) is 12.4. The van der Waals surface area contributed by atoms with Crippen molar-refractivity contribution in [3.05, 3.63) is 21.4 Å². The number of aliphatic hydroxyl groups is 1. The Morgan fingerprint density at radius 3 is 2.90 bits per heavy atom. The fourth-order valence-electron chi connectivity index (χ4n) is 2.34. The summed E-state index contributed by atoms with van der Waals surface area (Å²) in [6, 6.07) is 2.01. The van der Waals surface area contributed by atoms with E-state index in [4.69, 9.17) is 0 Å². The van der Waals surface area contributed by atoms with Crippen LogP contribution >= 0.6 is 23.1 Å². The van der Waals surface area contributed by atoms with E-state index in [1.807, 2.05) is 17.8 Å². The number of hydrogen-bond donors (Lipinski definition) is 2. The van der Waals surface area contributed by atoms with Gasteiger partial charge in [0.1, 0.15) is 0 Å². The first-order valence-corrected chi connectivity index (χ1v) is 8.98. The Bertz CT molecular complexity index is 453. The molecule has 2 N–H and O–H groups in total. The van der Waals surface area contributed by atoms with Gasteiger partial charge in [0, 0.05) is 17.2 Å². The molecule has 0 saturated carbocycles. The lowest BCUT2D eigenvalue weighted by Gasteiger charge is -2.22. The summed E-state index contributed by atoms with van der Waals surface area (Å²) in [5.74, 6) is 2.12. The highest BCUT2D eigenvalue weighted by Crippen LogP contribution is 2.31. The van der Waals surface area contributed by atoms with Gasteiger partial charge in [-0.15, -0.1) is 11.3 Å². The summed E-state index contributed by atoms with van der Waals surface area (Å²) in [5.41, 5.74) is 1.38. The van der Waals surface area contributed by atoms with E-state index in [1.54, 1.807) is 11.3 Å². The van der Waals surface area contributed by atoms with Gasteiger partial charge in [0.2, 0.25) is 0 Å². The normalized spacial score (nSPS) is 16.6. The molecule has 5 heteroatoms. The van der Waals surface area contributed by atoms with Crippen molar-refractivity contribution in [3.8, 4) is 0 Å². The molecule has 1 aliphatic rings. The van der Waals surface area contributed by atoms with Gasteiger partial charge in [-0.1, -0.05) is 20.8 Å². The van der Waals surface area contributed by atoms with Crippen LogP contribution in [0, 0.1) is 5.41 Å². The van der Waals surface area contributed by atoms with Gasteiger partial charge in [0.05, 0.1) is 11.0 Å². The number of aliphatic hydroxyl groups excluding tert-OH is 1. The highest BCUT2D eigenvalue weighted by molar-refractivity contribution is 7.98. The lowest BCUT2D eigenvalue weighted by molar-refractivity contribution is 0.0872. The number of amides is 1. The number of thiophene rings is 1. The first-order valence-electron chi connectivity index (χ1n) is 7.01. The predicted octanol–water partition coefficient (Wildman–Crippen LogP) is 3.06. The number of aryl methyl sites for hydroxylation is 1. The van der Waals surface area contributed by atoms with E-state index < -0.39 is 6.10 Å². The van der Waals surface area contributed by atoms with Crippen molar-refractivity contribution >= 4 is 29.0 Å². The monoisotopic (exact) mass is 313 g/mol. The van der Waals surface area contributed by atoms with Crippen LogP contribution in [-0.2, 0) is 12.2 Å². The lowest BCUT2D eigenvalue weighted by Crippen LogP contribution is -2.33. The molecular formula is C15H23NO2S2. The number of carbonyl (C=O) groups is 1. The van der Waals surface area contributed by atoms with E-state index in [0.717, 1.165) is 22.8 Å². The number of carbonyl (C=O) groups excluding carboxylic acids is 1. The van der Waals surface area contributed by atoms with Crippen molar-refractivity contribution < 1.29 is 9.90 Å². The first-order chi connectivity index (χ1) is 9.35. The maximum absolute atomic E-state index is 12.1. The van der Waals surface area contributed by atoms with Crippen molar-refractivity contribution in [2.45, 2.75) is 45.5 Å². The number of nitrogens with one attached hydrogen (secondary N) is 1. The van der Waals surface area contributed by atoms with Crippen molar-refractivity contribution in [1.82, 2.24) is 5.32 Å². The van der Waals surface area contributed by atoms with Gasteiger partial charge in [-0.3, -0.25) is 4.79 Å². The van der Waals surface area contributed by atoms with Gasteiger partial charge < -0.3 is 10.4 Å². The van der Waals surface area contributed by atoms with Crippen LogP contribution < -0.4 is 5.32 Å². The number of rotatable bonds is 4. The summed E-state index contributed by atoms with van der Waals surface area (Å²) in [5, 5.41) is 12.8. The Hall–Kier alpha value is -0.520. The van der Waals surface area contributed by atoms with Crippen LogP contribution in [0.2, 0.25) is 0 Å². The molecule has 2 rings (SSSR count). The summed E-state index contributed by atoms with van der Waals surface area (Å²) >= 11 is 3.52. The zero-order valence-corrected chi connectivity index (χ0v) is 14.0. The zero-order chi connectivity index (χ0) is 14.8.